The minimum atomic E-state index is -3.99. The largest absolute Gasteiger partial charge is 0.495 e. The molecule has 0 saturated carbocycles. The Balaban J connectivity index is 1.84. The number of nitrogens with zero attached hydrogens (tertiary/aromatic N) is 4. The number of piperazine rings is 1. The van der Waals surface area contributed by atoms with Crippen molar-refractivity contribution in [1.29, 1.82) is 0 Å². The van der Waals surface area contributed by atoms with Crippen molar-refractivity contribution in [1.82, 2.24) is 14.9 Å². The number of nitrogens with two attached hydrogens (primary N) is 1. The van der Waals surface area contributed by atoms with Crippen LogP contribution in [0.15, 0.2) is 34.2 Å². The Bertz CT molecular complexity index is 976. The maximum Gasteiger partial charge on any atom is 0.227 e. The maximum atomic E-state index is 13.1. The van der Waals surface area contributed by atoms with Crippen LogP contribution in [0, 0.1) is 5.92 Å². The van der Waals surface area contributed by atoms with Crippen molar-refractivity contribution < 1.29 is 13.2 Å². The van der Waals surface area contributed by atoms with Crippen molar-refractivity contribution in [2.24, 2.45) is 5.92 Å². The molecule has 10 heteroatoms. The molecule has 0 unspecified atom stereocenters. The summed E-state index contributed by atoms with van der Waals surface area (Å²) in [5.41, 5.74) is 6.03. The van der Waals surface area contributed by atoms with Crippen LogP contribution in [-0.4, -0.2) is 63.1 Å². The second-order valence-corrected chi connectivity index (χ2v) is 9.72. The van der Waals surface area contributed by atoms with Crippen molar-refractivity contribution in [3.63, 3.8) is 0 Å². The van der Waals surface area contributed by atoms with E-state index in [1.54, 1.807) is 6.07 Å². The number of ether oxygens (including phenoxy) is 1. The summed E-state index contributed by atoms with van der Waals surface area (Å²) >= 11 is 5.98. The Labute approximate surface area is 176 Å². The molecule has 2 aromatic rings. The first-order valence-corrected chi connectivity index (χ1v) is 11.3. The zero-order chi connectivity index (χ0) is 21.2. The summed E-state index contributed by atoms with van der Waals surface area (Å²) in [5.74, 6) is 1.13. The number of anilines is 2. The Hall–Kier alpha value is -2.10. The van der Waals surface area contributed by atoms with Crippen LogP contribution in [0.2, 0.25) is 5.02 Å². The predicted molar refractivity (Wildman–Crippen MR) is 113 cm³/mol. The van der Waals surface area contributed by atoms with E-state index in [4.69, 9.17) is 22.1 Å². The van der Waals surface area contributed by atoms with Crippen LogP contribution in [0.1, 0.15) is 13.8 Å². The number of hydrogen-bond donors (Lipinski definition) is 1. The lowest BCUT2D eigenvalue weighted by atomic mass is 10.2. The van der Waals surface area contributed by atoms with E-state index < -0.39 is 9.84 Å². The van der Waals surface area contributed by atoms with Gasteiger partial charge >= 0.3 is 0 Å². The minimum absolute atomic E-state index is 0.0714. The highest BCUT2D eigenvalue weighted by molar-refractivity contribution is 7.91. The third-order valence-corrected chi connectivity index (χ3v) is 6.78. The van der Waals surface area contributed by atoms with E-state index in [2.05, 4.69) is 28.7 Å². The fraction of sp³-hybridized carbons (Fsp3) is 0.474. The van der Waals surface area contributed by atoms with Gasteiger partial charge < -0.3 is 15.4 Å². The second kappa shape index (κ2) is 8.73. The van der Waals surface area contributed by atoms with Gasteiger partial charge in [0.1, 0.15) is 21.4 Å². The molecule has 1 aromatic carbocycles. The van der Waals surface area contributed by atoms with Crippen LogP contribution >= 0.6 is 11.6 Å². The maximum absolute atomic E-state index is 13.1. The van der Waals surface area contributed by atoms with Gasteiger partial charge in [-0.1, -0.05) is 25.4 Å². The molecule has 158 valence electrons. The third-order valence-electron chi connectivity index (χ3n) is 4.75. The lowest BCUT2D eigenvalue weighted by molar-refractivity contribution is 0.230. The molecule has 1 aliphatic rings. The van der Waals surface area contributed by atoms with Gasteiger partial charge in [-0.25, -0.2) is 13.4 Å². The molecule has 8 nitrogen and oxygen atoms in total. The molecule has 2 N–H and O–H groups in total. The molecule has 1 aromatic heterocycles. The molecular formula is C19H26ClN5O3S. The lowest BCUT2D eigenvalue weighted by Gasteiger charge is -2.35. The highest BCUT2D eigenvalue weighted by Gasteiger charge is 2.28. The van der Waals surface area contributed by atoms with Crippen molar-refractivity contribution in [3.8, 4) is 5.75 Å². The Morgan fingerprint density at radius 1 is 1.21 bits per heavy atom. The van der Waals surface area contributed by atoms with E-state index in [9.17, 15) is 8.42 Å². The van der Waals surface area contributed by atoms with E-state index in [1.165, 1.54) is 25.4 Å². The number of nitrogen functional groups attached to an aromatic ring is 1. The first-order valence-electron chi connectivity index (χ1n) is 9.41. The van der Waals surface area contributed by atoms with Crippen LogP contribution in [0.5, 0.6) is 5.75 Å². The van der Waals surface area contributed by atoms with E-state index in [0.717, 1.165) is 32.7 Å². The zero-order valence-corrected chi connectivity index (χ0v) is 18.4. The van der Waals surface area contributed by atoms with E-state index in [1.807, 2.05) is 4.90 Å². The highest BCUT2D eigenvalue weighted by atomic mass is 35.5. The molecular weight excluding hydrogens is 414 g/mol. The quantitative estimate of drug-likeness (QED) is 0.731. The smallest absolute Gasteiger partial charge is 0.227 e. The Morgan fingerprint density at radius 3 is 2.48 bits per heavy atom. The molecule has 1 aliphatic heterocycles. The van der Waals surface area contributed by atoms with Crippen LogP contribution in [-0.2, 0) is 9.84 Å². The van der Waals surface area contributed by atoms with Gasteiger partial charge in [0.05, 0.1) is 13.3 Å². The van der Waals surface area contributed by atoms with E-state index >= 15 is 0 Å². The number of aromatic nitrogens is 2. The average molecular weight is 440 g/mol. The summed E-state index contributed by atoms with van der Waals surface area (Å²) in [6.45, 7) is 8.78. The number of hydrogen-bond acceptors (Lipinski definition) is 8. The fourth-order valence-corrected chi connectivity index (χ4v) is 5.04. The summed E-state index contributed by atoms with van der Waals surface area (Å²) in [7, 11) is -2.60. The molecule has 1 fully saturated rings. The number of rotatable bonds is 6. The molecule has 0 radical (unpaired) electrons. The standard InChI is InChI=1S/C19H26ClN5O3S/c1-13(2)12-24-6-8-25(9-7-24)19-22-11-17(18(21)23-19)29(26,27)16-10-14(20)4-5-15(16)28-3/h4-5,10-11,13H,6-9,12H2,1-3H3,(H2,21,22,23). The van der Waals surface area contributed by atoms with Gasteiger partial charge in [0.2, 0.25) is 15.8 Å². The van der Waals surface area contributed by atoms with Gasteiger partial charge in [-0.05, 0) is 24.1 Å². The van der Waals surface area contributed by atoms with Crippen LogP contribution < -0.4 is 15.4 Å². The van der Waals surface area contributed by atoms with Crippen LogP contribution in [0.4, 0.5) is 11.8 Å². The summed E-state index contributed by atoms with van der Waals surface area (Å²) in [5, 5.41) is 0.278. The van der Waals surface area contributed by atoms with Gasteiger partial charge in [-0.15, -0.1) is 0 Å². The number of benzene rings is 1. The monoisotopic (exact) mass is 439 g/mol. The van der Waals surface area contributed by atoms with E-state index in [0.29, 0.717) is 11.9 Å². The first-order chi connectivity index (χ1) is 13.7. The molecule has 0 atom stereocenters. The SMILES string of the molecule is COc1ccc(Cl)cc1S(=O)(=O)c1cnc(N2CCN(CC(C)C)CC2)nc1N. The van der Waals surface area contributed by atoms with Gasteiger partial charge in [0, 0.05) is 37.7 Å². The number of methoxy groups -OCH3 is 1. The highest BCUT2D eigenvalue weighted by Crippen LogP contribution is 2.33. The van der Waals surface area contributed by atoms with Gasteiger partial charge in [0.25, 0.3) is 0 Å². The molecule has 29 heavy (non-hydrogen) atoms. The van der Waals surface area contributed by atoms with E-state index in [-0.39, 0.29) is 26.4 Å². The van der Waals surface area contributed by atoms with Crippen LogP contribution in [0.3, 0.4) is 0 Å². The topological polar surface area (TPSA) is 102 Å². The van der Waals surface area contributed by atoms with Gasteiger partial charge in [-0.3, -0.25) is 4.90 Å². The predicted octanol–water partition coefficient (Wildman–Crippen LogP) is 2.33. The molecule has 1 saturated heterocycles. The van der Waals surface area contributed by atoms with Crippen LogP contribution in [0.25, 0.3) is 0 Å². The molecule has 3 rings (SSSR count). The van der Waals surface area contributed by atoms with Gasteiger partial charge in [-0.2, -0.15) is 4.98 Å². The average Bonchev–Trinajstić information content (AvgIpc) is 2.67. The first kappa shape index (κ1) is 21.6. The number of sulfone groups is 1. The van der Waals surface area contributed by atoms with Crippen molar-refractivity contribution in [3.05, 3.63) is 29.4 Å². The van der Waals surface area contributed by atoms with Crippen molar-refractivity contribution in [2.45, 2.75) is 23.6 Å². The zero-order valence-electron chi connectivity index (χ0n) is 16.8. The Morgan fingerprint density at radius 2 is 1.90 bits per heavy atom. The third kappa shape index (κ3) is 4.73. The van der Waals surface area contributed by atoms with Crippen molar-refractivity contribution in [2.75, 3.05) is 50.5 Å². The summed E-state index contributed by atoms with van der Waals surface area (Å²) in [6.07, 6.45) is 1.26. The normalized spacial score (nSPS) is 15.7. The fourth-order valence-electron chi connectivity index (χ4n) is 3.36. The molecule has 0 aliphatic carbocycles. The molecule has 0 bridgehead atoms. The molecule has 2 heterocycles. The lowest BCUT2D eigenvalue weighted by Crippen LogP contribution is -2.48. The van der Waals surface area contributed by atoms with Crippen molar-refractivity contribution >= 4 is 33.2 Å². The van der Waals surface area contributed by atoms with Gasteiger partial charge in [0.15, 0.2) is 0 Å². The number of halogens is 1. The summed E-state index contributed by atoms with van der Waals surface area (Å²) in [6, 6.07) is 4.38. The summed E-state index contributed by atoms with van der Waals surface area (Å²) < 4.78 is 31.4. The summed E-state index contributed by atoms with van der Waals surface area (Å²) in [4.78, 5) is 12.7. The Kier molecular flexibility index (Phi) is 6.50. The second-order valence-electron chi connectivity index (χ2n) is 7.40. The molecule has 0 spiro atoms. The molecule has 0 amide bonds. The minimum Gasteiger partial charge on any atom is -0.495 e.